The van der Waals surface area contributed by atoms with Crippen LogP contribution in [-0.4, -0.2) is 36.5 Å². The summed E-state index contributed by atoms with van der Waals surface area (Å²) in [4.78, 5) is 4.36. The molecular formula is C16H20N2O2. The summed E-state index contributed by atoms with van der Waals surface area (Å²) < 4.78 is 5.19. The normalized spacial score (nSPS) is 10.7. The molecule has 2 N–H and O–H groups in total. The molecule has 4 nitrogen and oxygen atoms in total. The van der Waals surface area contributed by atoms with Gasteiger partial charge in [0.05, 0.1) is 25.5 Å². The lowest BCUT2D eigenvalue weighted by Crippen LogP contribution is -2.20. The Kier molecular flexibility index (Phi) is 6.17. The second-order valence-electron chi connectivity index (χ2n) is 4.43. The van der Waals surface area contributed by atoms with Crippen molar-refractivity contribution in [1.29, 1.82) is 0 Å². The minimum atomic E-state index is 0.0755. The summed E-state index contributed by atoms with van der Waals surface area (Å²) in [6, 6.07) is 14.3. The molecule has 0 saturated heterocycles. The van der Waals surface area contributed by atoms with Gasteiger partial charge in [-0.05, 0) is 23.8 Å². The van der Waals surface area contributed by atoms with E-state index in [0.29, 0.717) is 13.2 Å². The third-order valence-corrected chi connectivity index (χ3v) is 2.88. The Balaban J connectivity index is 1.84. The molecule has 0 bridgehead atoms. The van der Waals surface area contributed by atoms with Crippen LogP contribution in [0.4, 0.5) is 0 Å². The van der Waals surface area contributed by atoms with Crippen LogP contribution in [0.3, 0.4) is 0 Å². The topological polar surface area (TPSA) is 54.4 Å². The van der Waals surface area contributed by atoms with Gasteiger partial charge in [-0.3, -0.25) is 4.98 Å². The van der Waals surface area contributed by atoms with Crippen molar-refractivity contribution in [3.8, 4) is 11.3 Å². The molecule has 2 rings (SSSR count). The first-order chi connectivity index (χ1) is 9.90. The summed E-state index contributed by atoms with van der Waals surface area (Å²) in [6.45, 7) is 2.65. The number of aliphatic hydroxyl groups excluding tert-OH is 1. The molecule has 0 spiro atoms. The molecule has 4 heteroatoms. The quantitative estimate of drug-likeness (QED) is 0.720. The van der Waals surface area contributed by atoms with E-state index in [1.807, 2.05) is 24.3 Å². The van der Waals surface area contributed by atoms with Gasteiger partial charge in [-0.1, -0.05) is 24.3 Å². The molecule has 0 unspecified atom stereocenters. The summed E-state index contributed by atoms with van der Waals surface area (Å²) in [5.74, 6) is 0. The lowest BCUT2D eigenvalue weighted by Gasteiger charge is -2.07. The summed E-state index contributed by atoms with van der Waals surface area (Å²) in [7, 11) is 0. The van der Waals surface area contributed by atoms with Crippen LogP contribution >= 0.6 is 0 Å². The van der Waals surface area contributed by atoms with Crippen LogP contribution < -0.4 is 5.32 Å². The van der Waals surface area contributed by atoms with E-state index in [9.17, 15) is 0 Å². The predicted octanol–water partition coefficient (Wildman–Crippen LogP) is 1.85. The molecule has 0 aliphatic carbocycles. The van der Waals surface area contributed by atoms with E-state index in [-0.39, 0.29) is 6.61 Å². The Hall–Kier alpha value is -1.75. The first-order valence-corrected chi connectivity index (χ1v) is 6.80. The Morgan fingerprint density at radius 1 is 1.10 bits per heavy atom. The Bertz CT molecular complexity index is 503. The molecule has 106 valence electrons. The van der Waals surface area contributed by atoms with Crippen molar-refractivity contribution < 1.29 is 9.84 Å². The van der Waals surface area contributed by atoms with Crippen LogP contribution in [0.1, 0.15) is 5.56 Å². The zero-order valence-corrected chi connectivity index (χ0v) is 11.5. The lowest BCUT2D eigenvalue weighted by atomic mass is 10.1. The molecule has 0 aliphatic rings. The number of aromatic nitrogens is 1. The molecular weight excluding hydrogens is 252 g/mol. The average Bonchev–Trinajstić information content (AvgIpc) is 2.52. The fourth-order valence-corrected chi connectivity index (χ4v) is 1.92. The number of nitrogens with one attached hydrogen (secondary N) is 1. The number of ether oxygens (including phenoxy) is 1. The van der Waals surface area contributed by atoms with Gasteiger partial charge in [-0.15, -0.1) is 0 Å². The largest absolute Gasteiger partial charge is 0.394 e. The second kappa shape index (κ2) is 8.43. The van der Waals surface area contributed by atoms with E-state index in [4.69, 9.17) is 9.84 Å². The number of benzene rings is 1. The van der Waals surface area contributed by atoms with Gasteiger partial charge in [0, 0.05) is 24.8 Å². The summed E-state index contributed by atoms with van der Waals surface area (Å²) >= 11 is 0. The van der Waals surface area contributed by atoms with Crippen molar-refractivity contribution in [2.45, 2.75) is 6.54 Å². The van der Waals surface area contributed by atoms with Crippen LogP contribution in [0.15, 0.2) is 48.7 Å². The van der Waals surface area contributed by atoms with Gasteiger partial charge >= 0.3 is 0 Å². The van der Waals surface area contributed by atoms with E-state index in [2.05, 4.69) is 28.5 Å². The van der Waals surface area contributed by atoms with Gasteiger partial charge in [0.25, 0.3) is 0 Å². The van der Waals surface area contributed by atoms with Crippen molar-refractivity contribution in [3.05, 3.63) is 54.2 Å². The molecule has 0 aliphatic heterocycles. The third kappa shape index (κ3) is 4.74. The number of hydrogen-bond acceptors (Lipinski definition) is 4. The Labute approximate surface area is 119 Å². The fourth-order valence-electron chi connectivity index (χ4n) is 1.92. The predicted molar refractivity (Wildman–Crippen MR) is 79.3 cm³/mol. The van der Waals surface area contributed by atoms with E-state index in [1.165, 1.54) is 5.56 Å². The smallest absolute Gasteiger partial charge is 0.0702 e. The third-order valence-electron chi connectivity index (χ3n) is 2.88. The molecule has 1 aromatic heterocycles. The lowest BCUT2D eigenvalue weighted by molar-refractivity contribution is 0.0938. The van der Waals surface area contributed by atoms with Crippen molar-refractivity contribution in [1.82, 2.24) is 10.3 Å². The zero-order valence-electron chi connectivity index (χ0n) is 11.5. The number of rotatable bonds is 8. The Morgan fingerprint density at radius 3 is 2.85 bits per heavy atom. The molecule has 1 heterocycles. The van der Waals surface area contributed by atoms with Gasteiger partial charge in [-0.2, -0.15) is 0 Å². The van der Waals surface area contributed by atoms with Gasteiger partial charge < -0.3 is 15.2 Å². The van der Waals surface area contributed by atoms with Crippen LogP contribution in [0.5, 0.6) is 0 Å². The van der Waals surface area contributed by atoms with Crippen LogP contribution in [0.25, 0.3) is 11.3 Å². The Morgan fingerprint density at radius 2 is 2.05 bits per heavy atom. The SMILES string of the molecule is OCCOCCNCc1cccc(-c2ccccn2)c1. The molecule has 0 saturated carbocycles. The highest BCUT2D eigenvalue weighted by atomic mass is 16.5. The summed E-state index contributed by atoms with van der Waals surface area (Å²) in [5, 5.41) is 11.9. The number of aliphatic hydroxyl groups is 1. The van der Waals surface area contributed by atoms with E-state index >= 15 is 0 Å². The molecule has 2 aromatic rings. The van der Waals surface area contributed by atoms with Gasteiger partial charge in [0.1, 0.15) is 0 Å². The molecule has 1 aromatic carbocycles. The standard InChI is InChI=1S/C16H20N2O2/c19-9-11-20-10-8-17-13-14-4-3-5-15(12-14)16-6-1-2-7-18-16/h1-7,12,17,19H,8-11,13H2. The number of nitrogens with zero attached hydrogens (tertiary/aromatic N) is 1. The monoisotopic (exact) mass is 272 g/mol. The summed E-state index contributed by atoms with van der Waals surface area (Å²) in [5.41, 5.74) is 3.33. The highest BCUT2D eigenvalue weighted by Crippen LogP contribution is 2.17. The maximum Gasteiger partial charge on any atom is 0.0702 e. The molecule has 0 atom stereocenters. The molecule has 0 fully saturated rings. The van der Waals surface area contributed by atoms with Gasteiger partial charge in [0.2, 0.25) is 0 Å². The van der Waals surface area contributed by atoms with Gasteiger partial charge in [-0.25, -0.2) is 0 Å². The van der Waals surface area contributed by atoms with E-state index in [1.54, 1.807) is 6.20 Å². The van der Waals surface area contributed by atoms with Crippen LogP contribution in [0.2, 0.25) is 0 Å². The highest BCUT2D eigenvalue weighted by Gasteiger charge is 1.99. The minimum Gasteiger partial charge on any atom is -0.394 e. The van der Waals surface area contributed by atoms with E-state index < -0.39 is 0 Å². The van der Waals surface area contributed by atoms with Gasteiger partial charge in [0.15, 0.2) is 0 Å². The number of pyridine rings is 1. The first kappa shape index (κ1) is 14.7. The molecule has 0 radical (unpaired) electrons. The van der Waals surface area contributed by atoms with E-state index in [0.717, 1.165) is 24.3 Å². The average molecular weight is 272 g/mol. The first-order valence-electron chi connectivity index (χ1n) is 6.80. The maximum atomic E-state index is 8.59. The van der Waals surface area contributed by atoms with Crippen molar-refractivity contribution in [2.24, 2.45) is 0 Å². The number of hydrogen-bond donors (Lipinski definition) is 2. The van der Waals surface area contributed by atoms with Crippen molar-refractivity contribution >= 4 is 0 Å². The van der Waals surface area contributed by atoms with Crippen LogP contribution in [0, 0.1) is 0 Å². The van der Waals surface area contributed by atoms with Crippen molar-refractivity contribution in [2.75, 3.05) is 26.4 Å². The van der Waals surface area contributed by atoms with Crippen LogP contribution in [-0.2, 0) is 11.3 Å². The van der Waals surface area contributed by atoms with Crippen molar-refractivity contribution in [3.63, 3.8) is 0 Å². The highest BCUT2D eigenvalue weighted by molar-refractivity contribution is 5.59. The minimum absolute atomic E-state index is 0.0755. The zero-order chi connectivity index (χ0) is 14.0. The second-order valence-corrected chi connectivity index (χ2v) is 4.43. The maximum absolute atomic E-state index is 8.59. The summed E-state index contributed by atoms with van der Waals surface area (Å²) in [6.07, 6.45) is 1.80. The molecule has 20 heavy (non-hydrogen) atoms. The fraction of sp³-hybridized carbons (Fsp3) is 0.312. The molecule has 0 amide bonds.